The molecule has 1 atom stereocenters. The number of carboxylic acid groups (broad SMARTS) is 1. The maximum absolute atomic E-state index is 12.1. The molecule has 2 fully saturated rings. The van der Waals surface area contributed by atoms with Gasteiger partial charge in [0.2, 0.25) is 5.91 Å². The summed E-state index contributed by atoms with van der Waals surface area (Å²) in [6.45, 7) is 0.757. The van der Waals surface area contributed by atoms with Crippen LogP contribution in [0.25, 0.3) is 0 Å². The minimum Gasteiger partial charge on any atom is -0.481 e. The number of hydrogen-bond acceptors (Lipinski definition) is 2. The molecule has 0 aromatic heterocycles. The van der Waals surface area contributed by atoms with Gasteiger partial charge in [0.25, 0.3) is 0 Å². The summed E-state index contributed by atoms with van der Waals surface area (Å²) < 4.78 is 0. The van der Waals surface area contributed by atoms with Crippen molar-refractivity contribution in [2.45, 2.75) is 51.0 Å². The van der Waals surface area contributed by atoms with Gasteiger partial charge >= 0.3 is 5.97 Å². The highest BCUT2D eigenvalue weighted by Gasteiger charge is 2.34. The Bertz CT molecular complexity index is 286. The van der Waals surface area contributed by atoms with E-state index in [1.165, 1.54) is 0 Å². The number of carboxylic acids is 1. The van der Waals surface area contributed by atoms with Crippen LogP contribution in [0.5, 0.6) is 0 Å². The quantitative estimate of drug-likeness (QED) is 0.794. The lowest BCUT2D eigenvalue weighted by molar-refractivity contribution is -0.145. The minimum absolute atomic E-state index is 0.0562. The Morgan fingerprint density at radius 1 is 1.12 bits per heavy atom. The summed E-state index contributed by atoms with van der Waals surface area (Å²) in [5.74, 6) is -0.398. The Balaban J connectivity index is 1.97. The fourth-order valence-electron chi connectivity index (χ4n) is 2.59. The molecular weight excluding hydrogens is 206 g/mol. The van der Waals surface area contributed by atoms with E-state index in [1.807, 2.05) is 4.90 Å². The van der Waals surface area contributed by atoms with Gasteiger partial charge in [0.15, 0.2) is 0 Å². The van der Waals surface area contributed by atoms with Crippen molar-refractivity contribution in [1.29, 1.82) is 0 Å². The maximum atomic E-state index is 12.1. The van der Waals surface area contributed by atoms with Crippen LogP contribution in [0.15, 0.2) is 0 Å². The topological polar surface area (TPSA) is 57.6 Å². The van der Waals surface area contributed by atoms with E-state index in [0.717, 1.165) is 45.1 Å². The number of amides is 1. The fourth-order valence-corrected chi connectivity index (χ4v) is 2.59. The summed E-state index contributed by atoms with van der Waals surface area (Å²) in [7, 11) is 0. The zero-order chi connectivity index (χ0) is 11.5. The summed E-state index contributed by atoms with van der Waals surface area (Å²) in [6.07, 6.45) is 6.17. The van der Waals surface area contributed by atoms with Crippen LogP contribution in [-0.4, -0.2) is 34.5 Å². The number of rotatable bonds is 3. The number of nitrogens with zero attached hydrogens (tertiary/aromatic N) is 1. The van der Waals surface area contributed by atoms with Gasteiger partial charge in [-0.25, -0.2) is 0 Å². The molecule has 0 bridgehead atoms. The van der Waals surface area contributed by atoms with E-state index < -0.39 is 5.97 Å². The number of piperidine rings is 1. The normalized spacial score (nSPS) is 26.2. The first kappa shape index (κ1) is 11.4. The molecule has 2 aliphatic rings. The second kappa shape index (κ2) is 4.85. The Morgan fingerprint density at radius 2 is 1.88 bits per heavy atom. The van der Waals surface area contributed by atoms with Crippen LogP contribution in [0.3, 0.4) is 0 Å². The summed E-state index contributed by atoms with van der Waals surface area (Å²) in [4.78, 5) is 24.7. The van der Waals surface area contributed by atoms with Crippen molar-refractivity contribution in [3.63, 3.8) is 0 Å². The molecule has 1 aliphatic heterocycles. The standard InChI is InChI=1S/C12H19NO3/c14-11(15)8-10-6-1-2-7-13(10)12(16)9-4-3-5-9/h9-10H,1-8H2,(H,14,15). The van der Waals surface area contributed by atoms with Crippen molar-refractivity contribution in [2.75, 3.05) is 6.54 Å². The molecule has 0 aromatic carbocycles. The van der Waals surface area contributed by atoms with Crippen LogP contribution in [-0.2, 0) is 9.59 Å². The average molecular weight is 225 g/mol. The highest BCUT2D eigenvalue weighted by molar-refractivity contribution is 5.80. The largest absolute Gasteiger partial charge is 0.481 e. The number of carbonyl (C=O) groups is 2. The first-order valence-corrected chi connectivity index (χ1v) is 6.21. The monoisotopic (exact) mass is 225 g/mol. The van der Waals surface area contributed by atoms with E-state index in [0.29, 0.717) is 0 Å². The lowest BCUT2D eigenvalue weighted by Crippen LogP contribution is -2.48. The summed E-state index contributed by atoms with van der Waals surface area (Å²) in [6, 6.07) is -0.0562. The molecule has 1 N–H and O–H groups in total. The highest BCUT2D eigenvalue weighted by Crippen LogP contribution is 2.31. The highest BCUT2D eigenvalue weighted by atomic mass is 16.4. The molecule has 2 rings (SSSR count). The van der Waals surface area contributed by atoms with Crippen molar-refractivity contribution in [2.24, 2.45) is 5.92 Å². The van der Waals surface area contributed by atoms with E-state index in [9.17, 15) is 9.59 Å². The molecule has 1 unspecified atom stereocenters. The molecule has 90 valence electrons. The third kappa shape index (κ3) is 2.36. The van der Waals surface area contributed by atoms with Crippen LogP contribution in [0.1, 0.15) is 44.9 Å². The van der Waals surface area contributed by atoms with Crippen molar-refractivity contribution in [3.8, 4) is 0 Å². The van der Waals surface area contributed by atoms with E-state index in [4.69, 9.17) is 5.11 Å². The van der Waals surface area contributed by atoms with Gasteiger partial charge in [-0.2, -0.15) is 0 Å². The zero-order valence-electron chi connectivity index (χ0n) is 9.52. The van der Waals surface area contributed by atoms with Gasteiger partial charge in [0.05, 0.1) is 6.42 Å². The third-order valence-electron chi connectivity index (χ3n) is 3.77. The first-order valence-electron chi connectivity index (χ1n) is 6.21. The lowest BCUT2D eigenvalue weighted by Gasteiger charge is -2.39. The van der Waals surface area contributed by atoms with Gasteiger partial charge in [0, 0.05) is 18.5 Å². The maximum Gasteiger partial charge on any atom is 0.305 e. The molecule has 16 heavy (non-hydrogen) atoms. The zero-order valence-corrected chi connectivity index (χ0v) is 9.52. The van der Waals surface area contributed by atoms with Crippen molar-refractivity contribution < 1.29 is 14.7 Å². The third-order valence-corrected chi connectivity index (χ3v) is 3.77. The first-order chi connectivity index (χ1) is 7.68. The predicted octanol–water partition coefficient (Wildman–Crippen LogP) is 1.64. The molecule has 1 aliphatic carbocycles. The smallest absolute Gasteiger partial charge is 0.305 e. The second-order valence-electron chi connectivity index (χ2n) is 4.91. The van der Waals surface area contributed by atoms with Gasteiger partial charge < -0.3 is 10.0 Å². The van der Waals surface area contributed by atoms with Gasteiger partial charge in [-0.1, -0.05) is 6.42 Å². The molecule has 1 saturated carbocycles. The SMILES string of the molecule is O=C(O)CC1CCCCN1C(=O)C1CCC1. The van der Waals surface area contributed by atoms with Crippen molar-refractivity contribution in [3.05, 3.63) is 0 Å². The molecule has 4 nitrogen and oxygen atoms in total. The molecule has 0 spiro atoms. The van der Waals surface area contributed by atoms with E-state index in [2.05, 4.69) is 0 Å². The molecule has 0 radical (unpaired) electrons. The molecule has 4 heteroatoms. The predicted molar refractivity (Wildman–Crippen MR) is 58.9 cm³/mol. The minimum atomic E-state index is -0.793. The Labute approximate surface area is 95.6 Å². The second-order valence-corrected chi connectivity index (χ2v) is 4.91. The van der Waals surface area contributed by atoms with Crippen LogP contribution in [0.2, 0.25) is 0 Å². The number of aliphatic carboxylic acids is 1. The Kier molecular flexibility index (Phi) is 3.46. The molecule has 0 aromatic rings. The molecule has 1 amide bonds. The van der Waals surface area contributed by atoms with Crippen molar-refractivity contribution in [1.82, 2.24) is 4.90 Å². The Hall–Kier alpha value is -1.06. The summed E-state index contributed by atoms with van der Waals surface area (Å²) in [5.41, 5.74) is 0. The summed E-state index contributed by atoms with van der Waals surface area (Å²) in [5, 5.41) is 8.84. The van der Waals surface area contributed by atoms with E-state index in [1.54, 1.807) is 0 Å². The van der Waals surface area contributed by atoms with Gasteiger partial charge in [-0.3, -0.25) is 9.59 Å². The van der Waals surface area contributed by atoms with Gasteiger partial charge in [-0.15, -0.1) is 0 Å². The van der Waals surface area contributed by atoms with Gasteiger partial charge in [0.1, 0.15) is 0 Å². The number of hydrogen-bond donors (Lipinski definition) is 1. The van der Waals surface area contributed by atoms with Crippen LogP contribution < -0.4 is 0 Å². The number of carbonyl (C=O) groups excluding carboxylic acids is 1. The number of likely N-dealkylation sites (tertiary alicyclic amines) is 1. The van der Waals surface area contributed by atoms with Crippen LogP contribution in [0, 0.1) is 5.92 Å². The lowest BCUT2D eigenvalue weighted by atomic mass is 9.83. The Morgan fingerprint density at radius 3 is 2.44 bits per heavy atom. The summed E-state index contributed by atoms with van der Waals surface area (Å²) >= 11 is 0. The van der Waals surface area contributed by atoms with Crippen LogP contribution >= 0.6 is 0 Å². The molecule has 1 saturated heterocycles. The average Bonchev–Trinajstić information content (AvgIpc) is 2.14. The van der Waals surface area contributed by atoms with Crippen LogP contribution in [0.4, 0.5) is 0 Å². The molecule has 1 heterocycles. The molecular formula is C12H19NO3. The van der Waals surface area contributed by atoms with Gasteiger partial charge in [-0.05, 0) is 32.1 Å². The van der Waals surface area contributed by atoms with E-state index >= 15 is 0 Å². The fraction of sp³-hybridized carbons (Fsp3) is 0.833. The van der Waals surface area contributed by atoms with E-state index in [-0.39, 0.29) is 24.3 Å². The van der Waals surface area contributed by atoms with Crippen molar-refractivity contribution >= 4 is 11.9 Å².